The van der Waals surface area contributed by atoms with Crippen molar-refractivity contribution in [3.8, 4) is 17.3 Å². The summed E-state index contributed by atoms with van der Waals surface area (Å²) < 4.78 is 1.66. The third-order valence-electron chi connectivity index (χ3n) is 2.96. The number of nitrogens with zero attached hydrogens (tertiary/aromatic N) is 4. The van der Waals surface area contributed by atoms with E-state index in [9.17, 15) is 4.79 Å². The minimum atomic E-state index is -0.217. The van der Waals surface area contributed by atoms with Crippen molar-refractivity contribution in [3.63, 3.8) is 0 Å². The van der Waals surface area contributed by atoms with Gasteiger partial charge < -0.3 is 0 Å². The van der Waals surface area contributed by atoms with Crippen molar-refractivity contribution < 1.29 is 4.79 Å². The van der Waals surface area contributed by atoms with Crippen LogP contribution in [0, 0.1) is 11.3 Å². The molecule has 3 aromatic rings. The number of anilines is 1. The van der Waals surface area contributed by atoms with Gasteiger partial charge in [-0.25, -0.2) is 4.52 Å². The fourth-order valence-corrected chi connectivity index (χ4v) is 2.05. The van der Waals surface area contributed by atoms with Gasteiger partial charge in [0, 0.05) is 12.5 Å². The summed E-state index contributed by atoms with van der Waals surface area (Å²) in [7, 11) is 0. The van der Waals surface area contributed by atoms with Crippen LogP contribution in [0.25, 0.3) is 16.9 Å². The molecule has 0 bridgehead atoms. The average Bonchev–Trinajstić information content (AvgIpc) is 2.88. The van der Waals surface area contributed by atoms with Crippen molar-refractivity contribution in [2.75, 3.05) is 5.32 Å². The van der Waals surface area contributed by atoms with Crippen LogP contribution < -0.4 is 5.32 Å². The van der Waals surface area contributed by atoms with E-state index >= 15 is 0 Å². The zero-order chi connectivity index (χ0) is 14.8. The highest BCUT2D eigenvalue weighted by Crippen LogP contribution is 2.21. The minimum Gasteiger partial charge on any atom is -0.293 e. The van der Waals surface area contributed by atoms with Gasteiger partial charge in [-0.3, -0.25) is 10.1 Å². The molecule has 0 unspecified atom stereocenters. The van der Waals surface area contributed by atoms with E-state index in [1.165, 1.54) is 6.92 Å². The second kappa shape index (κ2) is 5.06. The number of hydrogen-bond donors (Lipinski definition) is 1. The molecule has 21 heavy (non-hydrogen) atoms. The topological polar surface area (TPSA) is 83.1 Å². The minimum absolute atomic E-state index is 0.217. The fourth-order valence-electron chi connectivity index (χ4n) is 2.05. The highest BCUT2D eigenvalue weighted by molar-refractivity contribution is 5.87. The molecule has 0 saturated heterocycles. The fraction of sp³-hybridized carbons (Fsp3) is 0.0667. The molecule has 6 heteroatoms. The second-order valence-electron chi connectivity index (χ2n) is 4.49. The number of fused-ring (bicyclic) bond motifs is 1. The van der Waals surface area contributed by atoms with Crippen molar-refractivity contribution in [2.24, 2.45) is 0 Å². The lowest BCUT2D eigenvalue weighted by atomic mass is 10.1. The third-order valence-corrected chi connectivity index (χ3v) is 2.96. The molecule has 2 aromatic heterocycles. The standard InChI is InChI=1S/C15H11N5O/c1-10(21)17-15-18-14-4-2-3-13(20(14)19-15)12-7-5-11(9-16)6-8-12/h2-8H,1H3,(H,17,19,21). The zero-order valence-electron chi connectivity index (χ0n) is 11.2. The van der Waals surface area contributed by atoms with E-state index in [1.807, 2.05) is 30.3 Å². The first kappa shape index (κ1) is 12.8. The largest absolute Gasteiger partial charge is 0.293 e. The molecule has 0 aliphatic heterocycles. The first-order valence-electron chi connectivity index (χ1n) is 6.31. The Morgan fingerprint density at radius 3 is 2.67 bits per heavy atom. The van der Waals surface area contributed by atoms with Gasteiger partial charge in [0.2, 0.25) is 11.9 Å². The molecular formula is C15H11N5O. The van der Waals surface area contributed by atoms with Crippen LogP contribution in [0.15, 0.2) is 42.5 Å². The molecule has 0 atom stereocenters. The predicted molar refractivity (Wildman–Crippen MR) is 77.4 cm³/mol. The normalized spacial score (nSPS) is 10.3. The molecule has 3 rings (SSSR count). The van der Waals surface area contributed by atoms with Gasteiger partial charge >= 0.3 is 0 Å². The molecule has 1 amide bonds. The van der Waals surface area contributed by atoms with Crippen LogP contribution in [0.4, 0.5) is 5.95 Å². The maximum atomic E-state index is 11.1. The zero-order valence-corrected chi connectivity index (χ0v) is 11.2. The van der Waals surface area contributed by atoms with Gasteiger partial charge in [0.15, 0.2) is 5.65 Å². The number of benzene rings is 1. The summed E-state index contributed by atoms with van der Waals surface area (Å²) in [6.45, 7) is 1.41. The van der Waals surface area contributed by atoms with Gasteiger partial charge in [0.25, 0.3) is 0 Å². The van der Waals surface area contributed by atoms with Crippen molar-refractivity contribution in [3.05, 3.63) is 48.0 Å². The molecule has 0 radical (unpaired) electrons. The second-order valence-corrected chi connectivity index (χ2v) is 4.49. The molecule has 6 nitrogen and oxygen atoms in total. The van der Waals surface area contributed by atoms with Gasteiger partial charge in [0.05, 0.1) is 17.3 Å². The Hall–Kier alpha value is -3.20. The smallest absolute Gasteiger partial charge is 0.249 e. The van der Waals surface area contributed by atoms with Crippen LogP contribution in [-0.4, -0.2) is 20.5 Å². The van der Waals surface area contributed by atoms with Gasteiger partial charge in [-0.1, -0.05) is 18.2 Å². The van der Waals surface area contributed by atoms with Crippen molar-refractivity contribution >= 4 is 17.5 Å². The summed E-state index contributed by atoms with van der Waals surface area (Å²) in [5.74, 6) is 0.0504. The Morgan fingerprint density at radius 2 is 2.00 bits per heavy atom. The third kappa shape index (κ3) is 2.44. The molecule has 0 saturated carbocycles. The number of carbonyl (C=O) groups is 1. The molecular weight excluding hydrogens is 266 g/mol. The Morgan fingerprint density at radius 1 is 1.24 bits per heavy atom. The van der Waals surface area contributed by atoms with E-state index in [-0.39, 0.29) is 11.9 Å². The summed E-state index contributed by atoms with van der Waals surface area (Å²) in [5, 5.41) is 15.7. The van der Waals surface area contributed by atoms with Gasteiger partial charge in [0.1, 0.15) is 0 Å². The number of carbonyl (C=O) groups excluding carboxylic acids is 1. The molecule has 2 heterocycles. The molecule has 0 spiro atoms. The Labute approximate surface area is 120 Å². The predicted octanol–water partition coefficient (Wildman–Crippen LogP) is 2.23. The molecule has 1 aromatic carbocycles. The summed E-state index contributed by atoms with van der Waals surface area (Å²) in [6, 6.07) is 14.9. The highest BCUT2D eigenvalue weighted by atomic mass is 16.1. The van der Waals surface area contributed by atoms with E-state index in [0.29, 0.717) is 11.2 Å². The molecule has 0 aliphatic carbocycles. The van der Waals surface area contributed by atoms with Gasteiger partial charge in [-0.05, 0) is 24.3 Å². The maximum Gasteiger partial charge on any atom is 0.249 e. The average molecular weight is 277 g/mol. The van der Waals surface area contributed by atoms with Crippen molar-refractivity contribution in [1.82, 2.24) is 14.6 Å². The number of aromatic nitrogens is 3. The van der Waals surface area contributed by atoms with Crippen LogP contribution >= 0.6 is 0 Å². The summed E-state index contributed by atoms with van der Waals surface area (Å²) in [6.07, 6.45) is 0. The molecule has 0 aliphatic rings. The lowest BCUT2D eigenvalue weighted by Gasteiger charge is -2.03. The van der Waals surface area contributed by atoms with Crippen LogP contribution in [0.2, 0.25) is 0 Å². The first-order valence-corrected chi connectivity index (χ1v) is 6.31. The van der Waals surface area contributed by atoms with E-state index in [4.69, 9.17) is 5.26 Å². The van der Waals surface area contributed by atoms with Crippen LogP contribution in [0.1, 0.15) is 12.5 Å². The molecule has 0 fully saturated rings. The first-order chi connectivity index (χ1) is 10.2. The number of amides is 1. The highest BCUT2D eigenvalue weighted by Gasteiger charge is 2.09. The van der Waals surface area contributed by atoms with Crippen LogP contribution in [0.3, 0.4) is 0 Å². The number of rotatable bonds is 2. The Balaban J connectivity index is 2.11. The summed E-state index contributed by atoms with van der Waals surface area (Å²) >= 11 is 0. The Bertz CT molecular complexity index is 858. The quantitative estimate of drug-likeness (QED) is 0.778. The van der Waals surface area contributed by atoms with Crippen molar-refractivity contribution in [2.45, 2.75) is 6.92 Å². The number of hydrogen-bond acceptors (Lipinski definition) is 4. The number of nitrogens with one attached hydrogen (secondary N) is 1. The summed E-state index contributed by atoms with van der Waals surface area (Å²) in [5.41, 5.74) is 2.99. The molecule has 102 valence electrons. The van der Waals surface area contributed by atoms with E-state index in [1.54, 1.807) is 16.6 Å². The SMILES string of the molecule is CC(=O)Nc1nc2cccc(-c3ccc(C#N)cc3)n2n1. The number of nitriles is 1. The van der Waals surface area contributed by atoms with Crippen LogP contribution in [-0.2, 0) is 4.79 Å². The van der Waals surface area contributed by atoms with Crippen molar-refractivity contribution in [1.29, 1.82) is 5.26 Å². The molecule has 1 N–H and O–H groups in total. The number of pyridine rings is 1. The lowest BCUT2D eigenvalue weighted by molar-refractivity contribution is -0.114. The van der Waals surface area contributed by atoms with E-state index in [2.05, 4.69) is 21.5 Å². The maximum absolute atomic E-state index is 11.1. The monoisotopic (exact) mass is 277 g/mol. The van der Waals surface area contributed by atoms with Gasteiger partial charge in [-0.2, -0.15) is 10.2 Å². The summed E-state index contributed by atoms with van der Waals surface area (Å²) in [4.78, 5) is 15.3. The lowest BCUT2D eigenvalue weighted by Crippen LogP contribution is -2.07. The van der Waals surface area contributed by atoms with E-state index in [0.717, 1.165) is 11.3 Å². The van der Waals surface area contributed by atoms with E-state index < -0.39 is 0 Å². The van der Waals surface area contributed by atoms with Gasteiger partial charge in [-0.15, -0.1) is 5.10 Å². The Kier molecular flexibility index (Phi) is 3.09. The van der Waals surface area contributed by atoms with Crippen LogP contribution in [0.5, 0.6) is 0 Å².